The largest absolute Gasteiger partial charge is 0.457 e. The molecule has 0 spiro atoms. The van der Waals surface area contributed by atoms with E-state index in [9.17, 15) is 9.18 Å². The van der Waals surface area contributed by atoms with Crippen LogP contribution in [-0.2, 0) is 0 Å². The topological polar surface area (TPSA) is 67.7 Å². The second kappa shape index (κ2) is 8.58. The Balaban J connectivity index is 1.55. The molecule has 0 radical (unpaired) electrons. The van der Waals surface area contributed by atoms with E-state index in [0.29, 0.717) is 28.7 Å². The summed E-state index contributed by atoms with van der Waals surface area (Å²) in [5.74, 6) is 1.07. The van der Waals surface area contributed by atoms with Gasteiger partial charge in [-0.3, -0.25) is 4.79 Å². The number of hydrogen-bond acceptors (Lipinski definition) is 4. The maximum Gasteiger partial charge on any atom is 0.255 e. The molecule has 1 aliphatic rings. The number of rotatable bonds is 4. The molecule has 1 aliphatic heterocycles. The Kier molecular flexibility index (Phi) is 5.46. The first-order chi connectivity index (χ1) is 16.0. The van der Waals surface area contributed by atoms with Crippen LogP contribution in [0.4, 0.5) is 10.1 Å². The molecule has 2 N–H and O–H groups in total. The van der Waals surface area contributed by atoms with Gasteiger partial charge in [-0.2, -0.15) is 5.10 Å². The van der Waals surface area contributed by atoms with Gasteiger partial charge in [0.15, 0.2) is 0 Å². The Morgan fingerprint density at radius 1 is 1.15 bits per heavy atom. The highest BCUT2D eigenvalue weighted by atomic mass is 19.1. The summed E-state index contributed by atoms with van der Waals surface area (Å²) in [5.41, 5.74) is 5.01. The average molecular weight is 445 g/mol. The summed E-state index contributed by atoms with van der Waals surface area (Å²) in [6.45, 7) is 3.15. The second-order valence-corrected chi connectivity index (χ2v) is 8.33. The summed E-state index contributed by atoms with van der Waals surface area (Å²) in [5, 5.41) is 11.0. The van der Waals surface area contributed by atoms with E-state index < -0.39 is 0 Å². The van der Waals surface area contributed by atoms with E-state index in [2.05, 4.69) is 23.6 Å². The molecule has 6 nitrogen and oxygen atoms in total. The molecule has 2 aromatic carbocycles. The highest BCUT2D eigenvalue weighted by Gasteiger charge is 2.24. The predicted octanol–water partition coefficient (Wildman–Crippen LogP) is 5.60. The molecule has 1 amide bonds. The lowest BCUT2D eigenvalue weighted by Gasteiger charge is -2.13. The molecule has 33 heavy (non-hydrogen) atoms. The molecule has 4 aromatic rings. The van der Waals surface area contributed by atoms with Crippen LogP contribution >= 0.6 is 0 Å². The van der Waals surface area contributed by atoms with E-state index in [0.717, 1.165) is 36.2 Å². The van der Waals surface area contributed by atoms with Crippen molar-refractivity contribution >= 4 is 17.1 Å². The lowest BCUT2D eigenvalue weighted by Crippen LogP contribution is -2.18. The summed E-state index contributed by atoms with van der Waals surface area (Å²) in [6.07, 6.45) is 4.19. The van der Waals surface area contributed by atoms with Crippen molar-refractivity contribution in [1.29, 1.82) is 0 Å². The van der Waals surface area contributed by atoms with Gasteiger partial charge in [-0.05, 0) is 78.9 Å². The fourth-order valence-corrected chi connectivity index (χ4v) is 4.32. The lowest BCUT2D eigenvalue weighted by molar-refractivity contribution is 0.0965. The monoisotopic (exact) mass is 444 g/mol. The van der Waals surface area contributed by atoms with Crippen LogP contribution in [0, 0.1) is 5.82 Å². The number of nitrogens with zero attached hydrogens (tertiary/aromatic N) is 2. The first-order valence-corrected chi connectivity index (χ1v) is 11.1. The van der Waals surface area contributed by atoms with Crippen LogP contribution in [0.1, 0.15) is 41.6 Å². The van der Waals surface area contributed by atoms with E-state index >= 15 is 0 Å². The Bertz CT molecular complexity index is 1310. The van der Waals surface area contributed by atoms with Gasteiger partial charge in [0.1, 0.15) is 23.0 Å². The molecular formula is C26H25FN4O2. The second-order valence-electron chi connectivity index (χ2n) is 8.33. The number of amides is 1. The Morgan fingerprint density at radius 2 is 1.85 bits per heavy atom. The quantitative estimate of drug-likeness (QED) is 0.430. The Labute approximate surface area is 191 Å². The number of carbonyl (C=O) groups is 1. The fraction of sp³-hybridized carbons (Fsp3) is 0.231. The van der Waals surface area contributed by atoms with Gasteiger partial charge in [-0.15, -0.1) is 0 Å². The molecule has 0 saturated carbocycles. The van der Waals surface area contributed by atoms with E-state index in [-0.39, 0.29) is 11.7 Å². The van der Waals surface area contributed by atoms with Gasteiger partial charge in [0.25, 0.3) is 5.91 Å². The normalized spacial score (nSPS) is 15.4. The standard InChI is InChI=1S/C26H25FN4O2/c1-16-4-3-13-29-22-15-31-23(14-21(16)22)24(26(32)28-2)25(30-31)17-5-9-19(10-6-17)33-20-11-7-18(27)8-12-20/h5-12,14-16,29H,3-4,13H2,1-2H3,(H,28,32). The minimum absolute atomic E-state index is 0.180. The number of carbonyl (C=O) groups excluding carboxylic acids is 1. The summed E-state index contributed by atoms with van der Waals surface area (Å²) in [4.78, 5) is 12.9. The third-order valence-corrected chi connectivity index (χ3v) is 6.09. The number of nitrogens with one attached hydrogen (secondary N) is 2. The molecular weight excluding hydrogens is 419 g/mol. The molecule has 1 atom stereocenters. The fourth-order valence-electron chi connectivity index (χ4n) is 4.32. The summed E-state index contributed by atoms with van der Waals surface area (Å²) in [7, 11) is 1.63. The maximum atomic E-state index is 13.1. The molecule has 5 rings (SSSR count). The Morgan fingerprint density at radius 3 is 2.55 bits per heavy atom. The molecule has 0 bridgehead atoms. The van der Waals surface area contributed by atoms with Crippen LogP contribution in [0.2, 0.25) is 0 Å². The van der Waals surface area contributed by atoms with Crippen LogP contribution in [-0.4, -0.2) is 29.1 Å². The number of hydrogen-bond donors (Lipinski definition) is 2. The van der Waals surface area contributed by atoms with E-state index in [4.69, 9.17) is 9.84 Å². The summed E-state index contributed by atoms with van der Waals surface area (Å²) in [6, 6.07) is 15.3. The SMILES string of the molecule is CNC(=O)c1c(-c2ccc(Oc3ccc(F)cc3)cc2)nn2cc3c(cc12)C(C)CCCN3. The Hall–Kier alpha value is -3.87. The van der Waals surface area contributed by atoms with Crippen molar-refractivity contribution in [2.24, 2.45) is 0 Å². The molecule has 168 valence electrons. The summed E-state index contributed by atoms with van der Waals surface area (Å²) >= 11 is 0. The first kappa shape index (κ1) is 21.0. The molecule has 1 unspecified atom stereocenters. The van der Waals surface area contributed by atoms with Crippen molar-refractivity contribution in [3.05, 3.63) is 77.7 Å². The van der Waals surface area contributed by atoms with Crippen LogP contribution in [0.15, 0.2) is 60.8 Å². The van der Waals surface area contributed by atoms with E-state index in [1.807, 2.05) is 30.5 Å². The van der Waals surface area contributed by atoms with Crippen LogP contribution in [0.25, 0.3) is 16.8 Å². The number of pyridine rings is 1. The number of ether oxygens (including phenoxy) is 1. The summed E-state index contributed by atoms with van der Waals surface area (Å²) < 4.78 is 20.7. The van der Waals surface area contributed by atoms with E-state index in [1.54, 1.807) is 23.7 Å². The zero-order valence-electron chi connectivity index (χ0n) is 18.6. The molecule has 0 aliphatic carbocycles. The number of halogens is 1. The smallest absolute Gasteiger partial charge is 0.255 e. The van der Waals surface area contributed by atoms with Crippen LogP contribution in [0.3, 0.4) is 0 Å². The zero-order valence-corrected chi connectivity index (χ0v) is 18.6. The number of aromatic nitrogens is 2. The van der Waals surface area contributed by atoms with E-state index in [1.165, 1.54) is 17.7 Å². The van der Waals surface area contributed by atoms with Gasteiger partial charge in [0.05, 0.1) is 23.0 Å². The van der Waals surface area contributed by atoms with Gasteiger partial charge in [0.2, 0.25) is 0 Å². The highest BCUT2D eigenvalue weighted by Crippen LogP contribution is 2.35. The number of anilines is 1. The van der Waals surface area contributed by atoms with Gasteiger partial charge >= 0.3 is 0 Å². The molecule has 3 heterocycles. The van der Waals surface area contributed by atoms with Crippen LogP contribution in [0.5, 0.6) is 11.5 Å². The maximum absolute atomic E-state index is 13.1. The third-order valence-electron chi connectivity index (χ3n) is 6.09. The third kappa shape index (κ3) is 4.02. The van der Waals surface area contributed by atoms with Gasteiger partial charge in [-0.25, -0.2) is 8.91 Å². The number of benzene rings is 2. The first-order valence-electron chi connectivity index (χ1n) is 11.1. The average Bonchev–Trinajstić information content (AvgIpc) is 3.11. The highest BCUT2D eigenvalue weighted by molar-refractivity contribution is 6.06. The predicted molar refractivity (Wildman–Crippen MR) is 127 cm³/mol. The number of fused-ring (bicyclic) bond motifs is 2. The van der Waals surface area contributed by atoms with Crippen molar-refractivity contribution in [2.45, 2.75) is 25.7 Å². The molecule has 7 heteroatoms. The van der Waals surface area contributed by atoms with Gasteiger partial charge in [-0.1, -0.05) is 6.92 Å². The zero-order chi connectivity index (χ0) is 22.9. The van der Waals surface area contributed by atoms with Crippen molar-refractivity contribution in [3.8, 4) is 22.8 Å². The van der Waals surface area contributed by atoms with Crippen molar-refractivity contribution in [3.63, 3.8) is 0 Å². The molecule has 2 aromatic heterocycles. The van der Waals surface area contributed by atoms with Gasteiger partial charge in [0, 0.05) is 19.2 Å². The lowest BCUT2D eigenvalue weighted by atomic mass is 9.96. The van der Waals surface area contributed by atoms with Crippen molar-refractivity contribution in [1.82, 2.24) is 14.9 Å². The van der Waals surface area contributed by atoms with Crippen molar-refractivity contribution in [2.75, 3.05) is 18.9 Å². The van der Waals surface area contributed by atoms with Crippen LogP contribution < -0.4 is 15.4 Å². The minimum atomic E-state index is -0.312. The molecule has 0 saturated heterocycles. The molecule has 0 fully saturated rings. The van der Waals surface area contributed by atoms with Gasteiger partial charge < -0.3 is 15.4 Å². The van der Waals surface area contributed by atoms with Crippen molar-refractivity contribution < 1.29 is 13.9 Å². The minimum Gasteiger partial charge on any atom is -0.457 e.